The van der Waals surface area contributed by atoms with E-state index < -0.39 is 38.6 Å². The monoisotopic (exact) mass is 223 g/mol. The number of sulfone groups is 1. The Labute approximate surface area is 82.0 Å². The van der Waals surface area contributed by atoms with Gasteiger partial charge < -0.3 is 10.8 Å². The molecule has 0 aromatic rings. The van der Waals surface area contributed by atoms with Gasteiger partial charge in [0, 0.05) is 5.92 Å². The van der Waals surface area contributed by atoms with E-state index in [2.05, 4.69) is 0 Å². The molecule has 0 rings (SSSR count). The largest absolute Gasteiger partial charge is 0.480 e. The molecular formula is C7H13NO5S. The lowest BCUT2D eigenvalue weighted by Gasteiger charge is -2.11. The number of amides is 1. The fourth-order valence-electron chi connectivity index (χ4n) is 0.729. The number of hydrogen-bond acceptors (Lipinski definition) is 4. The summed E-state index contributed by atoms with van der Waals surface area (Å²) in [6.45, 7) is 2.40. The van der Waals surface area contributed by atoms with Crippen LogP contribution in [0, 0.1) is 5.92 Å². The summed E-state index contributed by atoms with van der Waals surface area (Å²) in [4.78, 5) is 21.0. The highest BCUT2D eigenvalue weighted by Gasteiger charge is 2.30. The first kappa shape index (κ1) is 12.9. The van der Waals surface area contributed by atoms with Crippen LogP contribution in [0.4, 0.5) is 0 Å². The number of nitrogens with two attached hydrogens (primary N) is 1. The lowest BCUT2D eigenvalue weighted by molar-refractivity contribution is -0.136. The summed E-state index contributed by atoms with van der Waals surface area (Å²) in [5, 5.41) is 6.96. The zero-order valence-electron chi connectivity index (χ0n) is 7.93. The van der Waals surface area contributed by atoms with Gasteiger partial charge in [-0.15, -0.1) is 0 Å². The predicted octanol–water partition coefficient (Wildman–Crippen LogP) is -1.00. The Morgan fingerprint density at radius 2 is 1.79 bits per heavy atom. The van der Waals surface area contributed by atoms with Gasteiger partial charge in [-0.05, 0) is 6.92 Å². The van der Waals surface area contributed by atoms with Crippen molar-refractivity contribution >= 4 is 21.7 Å². The molecule has 82 valence electrons. The molecule has 7 heteroatoms. The van der Waals surface area contributed by atoms with E-state index in [1.165, 1.54) is 6.92 Å². The fourth-order valence-corrected chi connectivity index (χ4v) is 2.19. The first-order valence-corrected chi connectivity index (χ1v) is 5.63. The van der Waals surface area contributed by atoms with Crippen molar-refractivity contribution in [3.05, 3.63) is 0 Å². The lowest BCUT2D eigenvalue weighted by atomic mass is 10.2. The van der Waals surface area contributed by atoms with Crippen LogP contribution in [0.25, 0.3) is 0 Å². The third kappa shape index (κ3) is 3.33. The number of carbonyl (C=O) groups excluding carboxylic acids is 1. The number of carboxylic acids is 1. The molecule has 2 atom stereocenters. The quantitative estimate of drug-likeness (QED) is 0.620. The average molecular weight is 223 g/mol. The number of primary amides is 1. The van der Waals surface area contributed by atoms with Gasteiger partial charge in [0.05, 0.1) is 5.75 Å². The number of carboxylic acid groups (broad SMARTS) is 1. The van der Waals surface area contributed by atoms with E-state index >= 15 is 0 Å². The van der Waals surface area contributed by atoms with E-state index in [-0.39, 0.29) is 0 Å². The van der Waals surface area contributed by atoms with Crippen molar-refractivity contribution in [2.45, 2.75) is 19.1 Å². The minimum Gasteiger partial charge on any atom is -0.480 e. The van der Waals surface area contributed by atoms with Gasteiger partial charge >= 0.3 is 5.97 Å². The molecule has 0 aromatic carbocycles. The standard InChI is InChI=1S/C7H13NO5S/c1-4(6(8)9)3-14(12,13)5(2)7(10)11/h4-5H,3H2,1-2H3,(H2,8,9)(H,10,11). The van der Waals surface area contributed by atoms with Crippen molar-refractivity contribution < 1.29 is 23.1 Å². The van der Waals surface area contributed by atoms with Crippen molar-refractivity contribution in [3.63, 3.8) is 0 Å². The minimum atomic E-state index is -3.80. The summed E-state index contributed by atoms with van der Waals surface area (Å²) in [6.07, 6.45) is 0. The van der Waals surface area contributed by atoms with Crippen molar-refractivity contribution in [2.75, 3.05) is 5.75 Å². The maximum absolute atomic E-state index is 11.3. The van der Waals surface area contributed by atoms with Gasteiger partial charge in [0.15, 0.2) is 15.1 Å². The molecular weight excluding hydrogens is 210 g/mol. The normalized spacial score (nSPS) is 15.9. The summed E-state index contributed by atoms with van der Waals surface area (Å²) in [7, 11) is -3.80. The highest BCUT2D eigenvalue weighted by molar-refractivity contribution is 7.92. The smallest absolute Gasteiger partial charge is 0.321 e. The molecule has 0 saturated heterocycles. The van der Waals surface area contributed by atoms with E-state index in [0.717, 1.165) is 6.92 Å². The third-order valence-electron chi connectivity index (χ3n) is 1.85. The maximum atomic E-state index is 11.3. The zero-order valence-corrected chi connectivity index (χ0v) is 8.74. The van der Waals surface area contributed by atoms with Gasteiger partial charge in [-0.3, -0.25) is 9.59 Å². The van der Waals surface area contributed by atoms with Crippen molar-refractivity contribution in [3.8, 4) is 0 Å². The van der Waals surface area contributed by atoms with Crippen LogP contribution in [0.15, 0.2) is 0 Å². The van der Waals surface area contributed by atoms with Crippen molar-refractivity contribution in [1.82, 2.24) is 0 Å². The summed E-state index contributed by atoms with van der Waals surface area (Å²) in [5.74, 6) is -3.59. The molecule has 0 bridgehead atoms. The summed E-state index contributed by atoms with van der Waals surface area (Å²) in [6, 6.07) is 0. The van der Waals surface area contributed by atoms with Crippen LogP contribution >= 0.6 is 0 Å². The zero-order chi connectivity index (χ0) is 11.5. The molecule has 0 aliphatic rings. The van der Waals surface area contributed by atoms with Crippen LogP contribution < -0.4 is 5.73 Å². The minimum absolute atomic E-state index is 0.532. The second-order valence-electron chi connectivity index (χ2n) is 3.11. The van der Waals surface area contributed by atoms with Crippen LogP contribution in [0.5, 0.6) is 0 Å². The molecule has 3 N–H and O–H groups in total. The Morgan fingerprint density at radius 1 is 1.36 bits per heavy atom. The second kappa shape index (κ2) is 4.41. The average Bonchev–Trinajstić information content (AvgIpc) is 2.01. The van der Waals surface area contributed by atoms with E-state index in [9.17, 15) is 18.0 Å². The van der Waals surface area contributed by atoms with Gasteiger partial charge in [-0.1, -0.05) is 6.92 Å². The number of aliphatic carboxylic acids is 1. The summed E-state index contributed by atoms with van der Waals surface area (Å²) in [5.41, 5.74) is 4.87. The van der Waals surface area contributed by atoms with Gasteiger partial charge in [-0.25, -0.2) is 8.42 Å². The fraction of sp³-hybridized carbons (Fsp3) is 0.714. The highest BCUT2D eigenvalue weighted by atomic mass is 32.2. The van der Waals surface area contributed by atoms with Crippen molar-refractivity contribution in [1.29, 1.82) is 0 Å². The molecule has 0 spiro atoms. The SMILES string of the molecule is CC(CS(=O)(=O)C(C)C(=O)O)C(N)=O. The Balaban J connectivity index is 4.67. The first-order valence-electron chi connectivity index (χ1n) is 3.92. The molecule has 1 amide bonds. The summed E-state index contributed by atoms with van der Waals surface area (Å²) < 4.78 is 22.6. The van der Waals surface area contributed by atoms with E-state index in [0.29, 0.717) is 0 Å². The van der Waals surface area contributed by atoms with Gasteiger partial charge in [0.25, 0.3) is 0 Å². The van der Waals surface area contributed by atoms with Crippen LogP contribution in [-0.4, -0.2) is 36.4 Å². The number of hydrogen-bond donors (Lipinski definition) is 2. The summed E-state index contributed by atoms with van der Waals surface area (Å²) >= 11 is 0. The Bertz CT molecular complexity index is 334. The maximum Gasteiger partial charge on any atom is 0.321 e. The Hall–Kier alpha value is -1.11. The molecule has 0 fully saturated rings. The molecule has 0 aromatic heterocycles. The van der Waals surface area contributed by atoms with E-state index in [1.807, 2.05) is 0 Å². The van der Waals surface area contributed by atoms with Crippen LogP contribution in [-0.2, 0) is 19.4 Å². The van der Waals surface area contributed by atoms with Crippen LogP contribution in [0.3, 0.4) is 0 Å². The van der Waals surface area contributed by atoms with Gasteiger partial charge in [-0.2, -0.15) is 0 Å². The van der Waals surface area contributed by atoms with Gasteiger partial charge in [0.2, 0.25) is 5.91 Å². The Morgan fingerprint density at radius 3 is 2.07 bits per heavy atom. The van der Waals surface area contributed by atoms with E-state index in [4.69, 9.17) is 10.8 Å². The first-order chi connectivity index (χ1) is 6.18. The Kier molecular flexibility index (Phi) is 4.06. The van der Waals surface area contributed by atoms with Crippen LogP contribution in [0.2, 0.25) is 0 Å². The molecule has 0 aliphatic carbocycles. The molecule has 0 heterocycles. The van der Waals surface area contributed by atoms with E-state index in [1.54, 1.807) is 0 Å². The topological polar surface area (TPSA) is 115 Å². The third-order valence-corrected chi connectivity index (χ3v) is 4.10. The van der Waals surface area contributed by atoms with Gasteiger partial charge in [0.1, 0.15) is 0 Å². The number of carbonyl (C=O) groups is 2. The second-order valence-corrected chi connectivity index (χ2v) is 5.48. The lowest BCUT2D eigenvalue weighted by Crippen LogP contribution is -2.35. The molecule has 0 saturated carbocycles. The predicted molar refractivity (Wildman–Crippen MR) is 49.2 cm³/mol. The number of rotatable bonds is 5. The molecule has 0 aliphatic heterocycles. The van der Waals surface area contributed by atoms with Crippen LogP contribution in [0.1, 0.15) is 13.8 Å². The molecule has 6 nitrogen and oxygen atoms in total. The molecule has 14 heavy (non-hydrogen) atoms. The molecule has 0 radical (unpaired) electrons. The highest BCUT2D eigenvalue weighted by Crippen LogP contribution is 2.07. The van der Waals surface area contributed by atoms with Crippen molar-refractivity contribution in [2.24, 2.45) is 11.7 Å². The molecule has 2 unspecified atom stereocenters.